The zero-order valence-electron chi connectivity index (χ0n) is 15.7. The van der Waals surface area contributed by atoms with Crippen molar-refractivity contribution < 1.29 is 14.5 Å². The summed E-state index contributed by atoms with van der Waals surface area (Å²) in [6.45, 7) is 1.76. The first kappa shape index (κ1) is 20.2. The smallest absolute Gasteiger partial charge is 0.276 e. The molecule has 30 heavy (non-hydrogen) atoms. The first-order valence-electron chi connectivity index (χ1n) is 8.70. The van der Waals surface area contributed by atoms with Crippen molar-refractivity contribution in [1.82, 2.24) is 20.8 Å². The molecule has 152 valence electrons. The SMILES string of the molecule is Cc1ccccc1C(=O)NNc1ncnc(NNC(=O)c2ccccc2)c1[N+](=O)[O-]. The number of carbonyl (C=O) groups is 2. The number of aryl methyl sites for hydroxylation is 1. The predicted molar refractivity (Wildman–Crippen MR) is 108 cm³/mol. The number of aromatic nitrogens is 2. The topological polar surface area (TPSA) is 151 Å². The quantitative estimate of drug-likeness (QED) is 0.344. The van der Waals surface area contributed by atoms with Crippen LogP contribution < -0.4 is 21.7 Å². The average Bonchev–Trinajstić information content (AvgIpc) is 2.76. The second-order valence-electron chi connectivity index (χ2n) is 6.02. The second-order valence-corrected chi connectivity index (χ2v) is 6.02. The molecule has 0 atom stereocenters. The fraction of sp³-hybridized carbons (Fsp3) is 0.0526. The van der Waals surface area contributed by atoms with Gasteiger partial charge < -0.3 is 0 Å². The molecule has 0 fully saturated rings. The van der Waals surface area contributed by atoms with E-state index in [9.17, 15) is 19.7 Å². The summed E-state index contributed by atoms with van der Waals surface area (Å²) in [7, 11) is 0. The van der Waals surface area contributed by atoms with E-state index in [4.69, 9.17) is 0 Å². The van der Waals surface area contributed by atoms with Crippen LogP contribution in [0.4, 0.5) is 17.3 Å². The van der Waals surface area contributed by atoms with Gasteiger partial charge in [0.2, 0.25) is 11.6 Å². The number of nitro groups is 1. The Morgan fingerprint density at radius 2 is 1.43 bits per heavy atom. The highest BCUT2D eigenvalue weighted by Crippen LogP contribution is 2.27. The van der Waals surface area contributed by atoms with Gasteiger partial charge in [0.05, 0.1) is 4.92 Å². The third kappa shape index (κ3) is 4.65. The van der Waals surface area contributed by atoms with Crippen LogP contribution in [0.5, 0.6) is 0 Å². The van der Waals surface area contributed by atoms with Crippen LogP contribution >= 0.6 is 0 Å². The summed E-state index contributed by atoms with van der Waals surface area (Å²) in [5.41, 5.74) is 10.5. The van der Waals surface area contributed by atoms with E-state index in [2.05, 4.69) is 31.7 Å². The van der Waals surface area contributed by atoms with Gasteiger partial charge in [0.15, 0.2) is 0 Å². The molecule has 0 radical (unpaired) electrons. The molecule has 1 aromatic heterocycles. The minimum Gasteiger partial charge on any atom is -0.276 e. The van der Waals surface area contributed by atoms with E-state index in [0.29, 0.717) is 11.1 Å². The lowest BCUT2D eigenvalue weighted by atomic mass is 10.1. The normalized spacial score (nSPS) is 10.0. The van der Waals surface area contributed by atoms with Crippen LogP contribution in [0.15, 0.2) is 60.9 Å². The van der Waals surface area contributed by atoms with Crippen LogP contribution in [0, 0.1) is 17.0 Å². The maximum Gasteiger partial charge on any atom is 0.356 e. The Labute approximate surface area is 170 Å². The number of benzene rings is 2. The van der Waals surface area contributed by atoms with E-state index < -0.39 is 22.4 Å². The molecule has 4 N–H and O–H groups in total. The minimum absolute atomic E-state index is 0.256. The Morgan fingerprint density at radius 3 is 2.03 bits per heavy atom. The summed E-state index contributed by atoms with van der Waals surface area (Å²) in [6, 6.07) is 15.2. The third-order valence-electron chi connectivity index (χ3n) is 4.02. The molecule has 3 rings (SSSR count). The molecule has 0 spiro atoms. The van der Waals surface area contributed by atoms with Crippen molar-refractivity contribution in [3.05, 3.63) is 87.7 Å². The van der Waals surface area contributed by atoms with E-state index in [-0.39, 0.29) is 11.6 Å². The minimum atomic E-state index is -0.737. The zero-order valence-corrected chi connectivity index (χ0v) is 15.7. The van der Waals surface area contributed by atoms with Gasteiger partial charge in [-0.3, -0.25) is 41.4 Å². The summed E-state index contributed by atoms with van der Waals surface area (Å²) in [5, 5.41) is 11.5. The molecule has 0 bridgehead atoms. The first-order chi connectivity index (χ1) is 14.5. The largest absolute Gasteiger partial charge is 0.356 e. The van der Waals surface area contributed by atoms with Crippen LogP contribution in [0.1, 0.15) is 26.3 Å². The molecule has 0 aliphatic carbocycles. The Morgan fingerprint density at radius 1 is 0.867 bits per heavy atom. The fourth-order valence-corrected chi connectivity index (χ4v) is 2.52. The number of carbonyl (C=O) groups excluding carboxylic acids is 2. The van der Waals surface area contributed by atoms with Gasteiger partial charge in [-0.05, 0) is 30.7 Å². The van der Waals surface area contributed by atoms with Crippen molar-refractivity contribution >= 4 is 29.1 Å². The Balaban J connectivity index is 1.74. The summed E-state index contributed by atoms with van der Waals surface area (Å²) in [5.74, 6) is -1.51. The highest BCUT2D eigenvalue weighted by atomic mass is 16.6. The summed E-state index contributed by atoms with van der Waals surface area (Å²) in [6.07, 6.45) is 1.05. The van der Waals surface area contributed by atoms with Gasteiger partial charge in [-0.2, -0.15) is 0 Å². The molecule has 2 aromatic carbocycles. The monoisotopic (exact) mass is 407 g/mol. The van der Waals surface area contributed by atoms with E-state index >= 15 is 0 Å². The van der Waals surface area contributed by atoms with E-state index in [0.717, 1.165) is 11.9 Å². The second kappa shape index (κ2) is 9.10. The summed E-state index contributed by atoms with van der Waals surface area (Å²) >= 11 is 0. The molecule has 0 aliphatic rings. The van der Waals surface area contributed by atoms with Gasteiger partial charge in [-0.15, -0.1) is 0 Å². The van der Waals surface area contributed by atoms with E-state index in [1.807, 2.05) is 0 Å². The molecule has 2 amide bonds. The number of nitrogens with zero attached hydrogens (tertiary/aromatic N) is 3. The molecule has 3 aromatic rings. The van der Waals surface area contributed by atoms with Crippen molar-refractivity contribution in [2.75, 3.05) is 10.9 Å². The highest BCUT2D eigenvalue weighted by molar-refractivity contribution is 5.96. The molecule has 0 saturated heterocycles. The standard InChI is InChI=1S/C19H17N7O4/c1-12-7-5-6-10-14(12)19(28)25-23-17-15(26(29)30)16(20-11-21-17)22-24-18(27)13-8-3-2-4-9-13/h2-11H,1H3,(H,24,27)(H,25,28)(H2,20,21,22,23). The Bertz CT molecular complexity index is 1090. The van der Waals surface area contributed by atoms with Crippen molar-refractivity contribution in [3.63, 3.8) is 0 Å². The molecule has 11 nitrogen and oxygen atoms in total. The predicted octanol–water partition coefficient (Wildman–Crippen LogP) is 2.21. The lowest BCUT2D eigenvalue weighted by Gasteiger charge is -2.12. The molecule has 0 unspecified atom stereocenters. The van der Waals surface area contributed by atoms with E-state index in [1.54, 1.807) is 61.5 Å². The van der Waals surface area contributed by atoms with Crippen LogP contribution in [-0.2, 0) is 0 Å². The number of hydrogen-bond donors (Lipinski definition) is 4. The van der Waals surface area contributed by atoms with Crippen LogP contribution in [0.25, 0.3) is 0 Å². The molecule has 0 aliphatic heterocycles. The average molecular weight is 407 g/mol. The number of hydrazine groups is 2. The van der Waals surface area contributed by atoms with Crippen molar-refractivity contribution in [1.29, 1.82) is 0 Å². The highest BCUT2D eigenvalue weighted by Gasteiger charge is 2.24. The van der Waals surface area contributed by atoms with E-state index in [1.165, 1.54) is 0 Å². The van der Waals surface area contributed by atoms with Crippen LogP contribution in [0.3, 0.4) is 0 Å². The molecule has 11 heteroatoms. The summed E-state index contributed by atoms with van der Waals surface area (Å²) < 4.78 is 0. The van der Waals surface area contributed by atoms with Crippen molar-refractivity contribution in [3.8, 4) is 0 Å². The first-order valence-corrected chi connectivity index (χ1v) is 8.70. The maximum absolute atomic E-state index is 12.3. The van der Waals surface area contributed by atoms with Crippen LogP contribution in [0.2, 0.25) is 0 Å². The number of amides is 2. The lowest BCUT2D eigenvalue weighted by molar-refractivity contribution is -0.383. The molecule has 0 saturated carbocycles. The number of anilines is 2. The molecular weight excluding hydrogens is 390 g/mol. The lowest BCUT2D eigenvalue weighted by Crippen LogP contribution is -2.32. The van der Waals surface area contributed by atoms with Gasteiger partial charge in [0.1, 0.15) is 6.33 Å². The van der Waals surface area contributed by atoms with Gasteiger partial charge in [-0.25, -0.2) is 9.97 Å². The fourth-order valence-electron chi connectivity index (χ4n) is 2.52. The van der Waals surface area contributed by atoms with Gasteiger partial charge in [0.25, 0.3) is 11.8 Å². The zero-order chi connectivity index (χ0) is 21.5. The van der Waals surface area contributed by atoms with Gasteiger partial charge in [0, 0.05) is 11.1 Å². The van der Waals surface area contributed by atoms with Crippen molar-refractivity contribution in [2.24, 2.45) is 0 Å². The maximum atomic E-state index is 12.3. The number of hydrogen-bond acceptors (Lipinski definition) is 8. The Kier molecular flexibility index (Phi) is 6.13. The molecular formula is C19H17N7O4. The third-order valence-corrected chi connectivity index (χ3v) is 4.02. The van der Waals surface area contributed by atoms with Crippen LogP contribution in [-0.4, -0.2) is 26.7 Å². The Hall–Kier alpha value is -4.54. The van der Waals surface area contributed by atoms with Gasteiger partial charge in [-0.1, -0.05) is 36.4 Å². The summed E-state index contributed by atoms with van der Waals surface area (Å²) in [4.78, 5) is 42.9. The van der Waals surface area contributed by atoms with Gasteiger partial charge >= 0.3 is 5.69 Å². The number of nitrogens with one attached hydrogen (secondary N) is 4. The van der Waals surface area contributed by atoms with Crippen molar-refractivity contribution in [2.45, 2.75) is 6.92 Å². The molecule has 1 heterocycles. The number of rotatable bonds is 7.